The van der Waals surface area contributed by atoms with Crippen LogP contribution in [0.2, 0.25) is 0 Å². The van der Waals surface area contributed by atoms with E-state index in [0.29, 0.717) is 18.4 Å². The lowest BCUT2D eigenvalue weighted by molar-refractivity contribution is -0.143. The fraction of sp³-hybridized carbons (Fsp3) is 0.263. The maximum Gasteiger partial charge on any atom is 0.311 e. The molecule has 0 heterocycles. The van der Waals surface area contributed by atoms with Crippen molar-refractivity contribution in [1.29, 1.82) is 0 Å². The highest BCUT2D eigenvalue weighted by molar-refractivity contribution is 7.99. The summed E-state index contributed by atoms with van der Waals surface area (Å²) in [5.74, 6) is -1.05. The summed E-state index contributed by atoms with van der Waals surface area (Å²) in [6, 6.07) is 15.6. The number of benzene rings is 2. The second-order valence-corrected chi connectivity index (χ2v) is 7.30. The number of hydrogen-bond acceptors (Lipinski definition) is 3. The van der Waals surface area contributed by atoms with Crippen molar-refractivity contribution < 1.29 is 14.7 Å². The molecule has 1 fully saturated rings. The molecule has 0 saturated heterocycles. The standard InChI is InChI=1S/C19H19NO3S/c1-13-7-8-15(16(11-13)24-14-5-3-2-4-6-14)17(21)20-12-19(9-10-19)18(22)23/h2-8,11H,9-10,12H2,1H3,(H,20,21)(H,22,23). The average Bonchev–Trinajstić information content (AvgIpc) is 3.35. The minimum atomic E-state index is -0.828. The van der Waals surface area contributed by atoms with Gasteiger partial charge in [-0.15, -0.1) is 0 Å². The summed E-state index contributed by atoms with van der Waals surface area (Å²) in [5, 5.41) is 12.0. The van der Waals surface area contributed by atoms with Crippen LogP contribution in [-0.4, -0.2) is 23.5 Å². The molecule has 1 amide bonds. The van der Waals surface area contributed by atoms with E-state index in [9.17, 15) is 14.7 Å². The van der Waals surface area contributed by atoms with E-state index in [1.165, 1.54) is 11.8 Å². The number of carbonyl (C=O) groups excluding carboxylic acids is 1. The maximum absolute atomic E-state index is 12.5. The number of carbonyl (C=O) groups is 2. The number of hydrogen-bond donors (Lipinski definition) is 2. The summed E-state index contributed by atoms with van der Waals surface area (Å²) in [4.78, 5) is 25.7. The van der Waals surface area contributed by atoms with Crippen molar-refractivity contribution in [2.24, 2.45) is 5.41 Å². The molecule has 1 aliphatic carbocycles. The van der Waals surface area contributed by atoms with Crippen LogP contribution in [0.25, 0.3) is 0 Å². The van der Waals surface area contributed by atoms with Crippen LogP contribution in [0.4, 0.5) is 0 Å². The monoisotopic (exact) mass is 341 g/mol. The topological polar surface area (TPSA) is 66.4 Å². The molecular formula is C19H19NO3S. The first kappa shape index (κ1) is 16.6. The SMILES string of the molecule is Cc1ccc(C(=O)NCC2(C(=O)O)CC2)c(Sc2ccccc2)c1. The number of carboxylic acids is 1. The normalized spacial score (nSPS) is 14.9. The molecule has 2 aromatic carbocycles. The Labute approximate surface area is 145 Å². The van der Waals surface area contributed by atoms with E-state index in [-0.39, 0.29) is 12.5 Å². The third-order valence-corrected chi connectivity index (χ3v) is 5.31. The second kappa shape index (κ2) is 6.69. The van der Waals surface area contributed by atoms with Gasteiger partial charge >= 0.3 is 5.97 Å². The zero-order valence-electron chi connectivity index (χ0n) is 13.4. The van der Waals surface area contributed by atoms with Crippen molar-refractivity contribution in [2.45, 2.75) is 29.6 Å². The van der Waals surface area contributed by atoms with Crippen LogP contribution in [-0.2, 0) is 4.79 Å². The summed E-state index contributed by atoms with van der Waals surface area (Å²) >= 11 is 1.53. The molecule has 124 valence electrons. The third-order valence-electron chi connectivity index (χ3n) is 4.25. The van der Waals surface area contributed by atoms with Gasteiger partial charge in [0.1, 0.15) is 0 Å². The molecule has 5 heteroatoms. The van der Waals surface area contributed by atoms with Crippen LogP contribution >= 0.6 is 11.8 Å². The number of rotatable bonds is 6. The zero-order valence-corrected chi connectivity index (χ0v) is 14.2. The fourth-order valence-electron chi connectivity index (χ4n) is 2.48. The number of aliphatic carboxylic acids is 1. The molecule has 0 aliphatic heterocycles. The second-order valence-electron chi connectivity index (χ2n) is 6.18. The Bertz CT molecular complexity index is 769. The Morgan fingerprint density at radius 1 is 1.17 bits per heavy atom. The molecule has 3 rings (SSSR count). The first-order valence-electron chi connectivity index (χ1n) is 7.85. The van der Waals surface area contributed by atoms with Crippen molar-refractivity contribution >= 4 is 23.6 Å². The van der Waals surface area contributed by atoms with Gasteiger partial charge in [0, 0.05) is 16.3 Å². The number of nitrogens with one attached hydrogen (secondary N) is 1. The van der Waals surface area contributed by atoms with Crippen LogP contribution in [0.1, 0.15) is 28.8 Å². The molecule has 0 aromatic heterocycles. The van der Waals surface area contributed by atoms with Crippen molar-refractivity contribution in [2.75, 3.05) is 6.54 Å². The molecule has 0 atom stereocenters. The Morgan fingerprint density at radius 2 is 1.88 bits per heavy atom. The fourth-order valence-corrected chi connectivity index (χ4v) is 3.54. The molecule has 2 N–H and O–H groups in total. The average molecular weight is 341 g/mol. The van der Waals surface area contributed by atoms with Crippen LogP contribution in [0, 0.1) is 12.3 Å². The van der Waals surface area contributed by atoms with Gasteiger partial charge in [0.2, 0.25) is 0 Å². The first-order valence-corrected chi connectivity index (χ1v) is 8.67. The molecule has 0 unspecified atom stereocenters. The molecule has 0 bridgehead atoms. The Balaban J connectivity index is 1.77. The van der Waals surface area contributed by atoms with Gasteiger partial charge in [0.05, 0.1) is 11.0 Å². The molecule has 1 saturated carbocycles. The highest BCUT2D eigenvalue weighted by Gasteiger charge is 2.50. The summed E-state index contributed by atoms with van der Waals surface area (Å²) in [7, 11) is 0. The molecule has 2 aromatic rings. The van der Waals surface area contributed by atoms with Gasteiger partial charge in [0.25, 0.3) is 5.91 Å². The minimum Gasteiger partial charge on any atom is -0.481 e. The largest absolute Gasteiger partial charge is 0.481 e. The lowest BCUT2D eigenvalue weighted by Crippen LogP contribution is -2.34. The van der Waals surface area contributed by atoms with Crippen molar-refractivity contribution in [3.63, 3.8) is 0 Å². The van der Waals surface area contributed by atoms with Gasteiger partial charge in [-0.2, -0.15) is 0 Å². The van der Waals surface area contributed by atoms with E-state index < -0.39 is 11.4 Å². The minimum absolute atomic E-state index is 0.185. The quantitative estimate of drug-likeness (QED) is 0.840. The predicted molar refractivity (Wildman–Crippen MR) is 93.4 cm³/mol. The summed E-state index contributed by atoms with van der Waals surface area (Å²) in [6.07, 6.45) is 1.25. The van der Waals surface area contributed by atoms with Gasteiger partial charge in [0.15, 0.2) is 0 Å². The lowest BCUT2D eigenvalue weighted by atomic mass is 10.1. The summed E-state index contributed by atoms with van der Waals surface area (Å²) in [6.45, 7) is 2.17. The smallest absolute Gasteiger partial charge is 0.311 e. The maximum atomic E-state index is 12.5. The molecular weight excluding hydrogens is 322 g/mol. The van der Waals surface area contributed by atoms with Gasteiger partial charge in [-0.3, -0.25) is 9.59 Å². The van der Waals surface area contributed by atoms with Crippen LogP contribution in [0.3, 0.4) is 0 Å². The van der Waals surface area contributed by atoms with E-state index in [1.807, 2.05) is 49.4 Å². The van der Waals surface area contributed by atoms with E-state index in [4.69, 9.17) is 0 Å². The Kier molecular flexibility index (Phi) is 4.62. The van der Waals surface area contributed by atoms with Crippen molar-refractivity contribution in [3.05, 3.63) is 59.7 Å². The Morgan fingerprint density at radius 3 is 2.50 bits per heavy atom. The number of carboxylic acid groups (broad SMARTS) is 1. The molecule has 0 radical (unpaired) electrons. The van der Waals surface area contributed by atoms with E-state index in [2.05, 4.69) is 5.32 Å². The number of aryl methyl sites for hydroxylation is 1. The van der Waals surface area contributed by atoms with Crippen LogP contribution in [0.5, 0.6) is 0 Å². The third kappa shape index (κ3) is 3.62. The zero-order chi connectivity index (χ0) is 17.2. The molecule has 0 spiro atoms. The van der Waals surface area contributed by atoms with E-state index >= 15 is 0 Å². The van der Waals surface area contributed by atoms with E-state index in [1.54, 1.807) is 6.07 Å². The predicted octanol–water partition coefficient (Wildman–Crippen LogP) is 3.74. The first-order chi connectivity index (χ1) is 11.5. The van der Waals surface area contributed by atoms with Gasteiger partial charge in [-0.05, 0) is 49.6 Å². The molecule has 4 nitrogen and oxygen atoms in total. The van der Waals surface area contributed by atoms with Gasteiger partial charge in [-0.25, -0.2) is 0 Å². The van der Waals surface area contributed by atoms with Gasteiger partial charge in [-0.1, -0.05) is 36.0 Å². The summed E-state index contributed by atoms with van der Waals surface area (Å²) < 4.78 is 0. The number of amides is 1. The van der Waals surface area contributed by atoms with Crippen molar-refractivity contribution in [1.82, 2.24) is 5.32 Å². The summed E-state index contributed by atoms with van der Waals surface area (Å²) in [5.41, 5.74) is 0.900. The lowest BCUT2D eigenvalue weighted by Gasteiger charge is -2.14. The van der Waals surface area contributed by atoms with Crippen molar-refractivity contribution in [3.8, 4) is 0 Å². The van der Waals surface area contributed by atoms with Gasteiger partial charge < -0.3 is 10.4 Å². The van der Waals surface area contributed by atoms with E-state index in [0.717, 1.165) is 15.4 Å². The molecule has 1 aliphatic rings. The van der Waals surface area contributed by atoms with Crippen LogP contribution < -0.4 is 5.32 Å². The molecule has 24 heavy (non-hydrogen) atoms. The Hall–Kier alpha value is -2.27. The highest BCUT2D eigenvalue weighted by atomic mass is 32.2. The van der Waals surface area contributed by atoms with Crippen LogP contribution in [0.15, 0.2) is 58.3 Å². The highest BCUT2D eigenvalue weighted by Crippen LogP contribution is 2.45.